The van der Waals surface area contributed by atoms with Crippen molar-refractivity contribution in [2.24, 2.45) is 0 Å². The minimum atomic E-state index is -4.78. The average molecular weight is 581 g/mol. The maximum absolute atomic E-state index is 14.7. The molecule has 0 aliphatic rings. The summed E-state index contributed by atoms with van der Waals surface area (Å²) in [4.78, 5) is 34.7. The highest BCUT2D eigenvalue weighted by Crippen LogP contribution is 2.27. The van der Waals surface area contributed by atoms with E-state index in [4.69, 9.17) is 0 Å². The van der Waals surface area contributed by atoms with Crippen LogP contribution in [0.3, 0.4) is 0 Å². The second kappa shape index (κ2) is 12.8. The van der Waals surface area contributed by atoms with E-state index in [0.29, 0.717) is 28.9 Å². The number of hydrogen-bond acceptors (Lipinski definition) is 7. The molecule has 0 unspecified atom stereocenters. The molecular formula is C31H28F4N4O3. The van der Waals surface area contributed by atoms with Gasteiger partial charge in [0.2, 0.25) is 5.95 Å². The van der Waals surface area contributed by atoms with Gasteiger partial charge in [0, 0.05) is 43.2 Å². The largest absolute Gasteiger partial charge is 0.573 e. The minimum Gasteiger partial charge on any atom is -0.406 e. The number of anilines is 4. The van der Waals surface area contributed by atoms with Gasteiger partial charge in [-0.2, -0.15) is 4.98 Å². The van der Waals surface area contributed by atoms with Gasteiger partial charge in [0.25, 0.3) is 0 Å². The lowest BCUT2D eigenvalue weighted by Gasteiger charge is -2.20. The van der Waals surface area contributed by atoms with Crippen LogP contribution in [-0.4, -0.2) is 34.9 Å². The summed E-state index contributed by atoms with van der Waals surface area (Å²) in [6, 6.07) is 17.4. The number of benzene rings is 3. The summed E-state index contributed by atoms with van der Waals surface area (Å²) in [5.74, 6) is -0.939. The van der Waals surface area contributed by atoms with E-state index in [1.807, 2.05) is 13.0 Å². The second-order valence-corrected chi connectivity index (χ2v) is 9.61. The zero-order valence-corrected chi connectivity index (χ0v) is 23.1. The monoisotopic (exact) mass is 580 g/mol. The number of aryl methyl sites for hydroxylation is 1. The van der Waals surface area contributed by atoms with Crippen molar-refractivity contribution in [3.63, 3.8) is 0 Å². The normalized spacial score (nSPS) is 11.2. The Morgan fingerprint density at radius 3 is 2.17 bits per heavy atom. The molecule has 1 heterocycles. The Morgan fingerprint density at radius 2 is 1.57 bits per heavy atom. The van der Waals surface area contributed by atoms with Gasteiger partial charge < -0.3 is 15.0 Å². The van der Waals surface area contributed by atoms with E-state index in [9.17, 15) is 27.2 Å². The Labute approximate surface area is 240 Å². The van der Waals surface area contributed by atoms with Gasteiger partial charge in [-0.05, 0) is 60.0 Å². The number of carbonyl (C=O) groups is 2. The van der Waals surface area contributed by atoms with Crippen LogP contribution in [-0.2, 0) is 17.6 Å². The number of ketones is 2. The molecule has 0 atom stereocenters. The highest BCUT2D eigenvalue weighted by atomic mass is 19.4. The van der Waals surface area contributed by atoms with Crippen LogP contribution in [0.15, 0.2) is 72.9 Å². The van der Waals surface area contributed by atoms with Crippen molar-refractivity contribution in [1.29, 1.82) is 0 Å². The smallest absolute Gasteiger partial charge is 0.406 e. The molecular weight excluding hydrogens is 552 g/mol. The Hall–Kier alpha value is -4.80. The third-order valence-corrected chi connectivity index (χ3v) is 6.44. The van der Waals surface area contributed by atoms with Crippen LogP contribution in [0.4, 0.5) is 40.7 Å². The molecule has 0 saturated carbocycles. The first-order valence-electron chi connectivity index (χ1n) is 13.0. The number of aromatic nitrogens is 2. The molecule has 0 saturated heterocycles. The van der Waals surface area contributed by atoms with Crippen molar-refractivity contribution in [3.05, 3.63) is 101 Å². The SMILES string of the molecule is CCC(=O)c1cc(Nc2ncc(F)c(N(C)c3ccc(CC(=O)Cc4ccc(OC(F)(F)F)cc4)cc3)n2)ccc1C. The number of nitrogens with one attached hydrogen (secondary N) is 1. The summed E-state index contributed by atoms with van der Waals surface area (Å²) >= 11 is 0. The number of ether oxygens (including phenoxy) is 1. The maximum atomic E-state index is 14.7. The van der Waals surface area contributed by atoms with Crippen molar-refractivity contribution in [2.75, 3.05) is 17.3 Å². The molecule has 1 N–H and O–H groups in total. The van der Waals surface area contributed by atoms with Crippen LogP contribution in [0, 0.1) is 12.7 Å². The number of alkyl halides is 3. The standard InChI is InChI=1S/C31H28F4N4O3/c1-4-28(41)26-17-22(10-5-19(26)2)37-30-36-18-27(32)29(38-30)39(3)23-11-6-20(7-12-23)15-24(40)16-21-8-13-25(14-9-21)42-31(33,34)35/h5-14,17-18H,4,15-16H2,1-3H3,(H,36,37,38). The summed E-state index contributed by atoms with van der Waals surface area (Å²) in [6.07, 6.45) is -3.19. The van der Waals surface area contributed by atoms with E-state index in [1.54, 1.807) is 55.3 Å². The Balaban J connectivity index is 1.40. The number of Topliss-reactive ketones (excluding diaryl/α,β-unsaturated/α-hetero) is 2. The van der Waals surface area contributed by atoms with Gasteiger partial charge in [-0.15, -0.1) is 13.2 Å². The quantitative estimate of drug-likeness (QED) is 0.147. The predicted octanol–water partition coefficient (Wildman–Crippen LogP) is 7.28. The Morgan fingerprint density at radius 1 is 0.952 bits per heavy atom. The molecule has 0 aliphatic heterocycles. The molecule has 0 aliphatic carbocycles. The van der Waals surface area contributed by atoms with Gasteiger partial charge in [-0.1, -0.05) is 37.3 Å². The van der Waals surface area contributed by atoms with Crippen LogP contribution < -0.4 is 15.0 Å². The lowest BCUT2D eigenvalue weighted by molar-refractivity contribution is -0.274. The fourth-order valence-electron chi connectivity index (χ4n) is 4.26. The third kappa shape index (κ3) is 7.90. The molecule has 0 radical (unpaired) electrons. The van der Waals surface area contributed by atoms with Crippen LogP contribution >= 0.6 is 0 Å². The Kier molecular flexibility index (Phi) is 9.19. The number of halogens is 4. The molecule has 4 aromatic rings. The predicted molar refractivity (Wildman–Crippen MR) is 151 cm³/mol. The third-order valence-electron chi connectivity index (χ3n) is 6.44. The number of rotatable bonds is 11. The maximum Gasteiger partial charge on any atom is 0.573 e. The highest BCUT2D eigenvalue weighted by Gasteiger charge is 2.31. The molecule has 7 nitrogen and oxygen atoms in total. The molecule has 0 spiro atoms. The number of hydrogen-bond donors (Lipinski definition) is 1. The van der Waals surface area contributed by atoms with E-state index in [1.165, 1.54) is 24.3 Å². The van der Waals surface area contributed by atoms with Gasteiger partial charge in [0.05, 0.1) is 6.20 Å². The van der Waals surface area contributed by atoms with Gasteiger partial charge in [-0.3, -0.25) is 9.59 Å². The van der Waals surface area contributed by atoms with Crippen molar-refractivity contribution in [1.82, 2.24) is 9.97 Å². The van der Waals surface area contributed by atoms with E-state index in [-0.39, 0.29) is 41.9 Å². The van der Waals surface area contributed by atoms with Crippen molar-refractivity contribution < 1.29 is 31.9 Å². The minimum absolute atomic E-state index is 0.00959. The molecule has 0 bridgehead atoms. The molecule has 42 heavy (non-hydrogen) atoms. The number of nitrogens with zero attached hydrogens (tertiary/aromatic N) is 3. The number of carbonyl (C=O) groups excluding carboxylic acids is 2. The van der Waals surface area contributed by atoms with Crippen LogP contribution in [0.5, 0.6) is 5.75 Å². The zero-order chi connectivity index (χ0) is 30.4. The molecule has 218 valence electrons. The average Bonchev–Trinajstić information content (AvgIpc) is 2.95. The van der Waals surface area contributed by atoms with E-state index < -0.39 is 12.2 Å². The highest BCUT2D eigenvalue weighted by molar-refractivity contribution is 5.98. The van der Waals surface area contributed by atoms with E-state index >= 15 is 0 Å². The first kappa shape index (κ1) is 30.2. The van der Waals surface area contributed by atoms with Crippen LogP contribution in [0.2, 0.25) is 0 Å². The fraction of sp³-hybridized carbons (Fsp3) is 0.226. The van der Waals surface area contributed by atoms with Gasteiger partial charge in [-0.25, -0.2) is 9.37 Å². The molecule has 0 fully saturated rings. The lowest BCUT2D eigenvalue weighted by atomic mass is 10.0. The molecule has 4 rings (SSSR count). The topological polar surface area (TPSA) is 84.4 Å². The lowest BCUT2D eigenvalue weighted by Crippen LogP contribution is -2.17. The molecule has 0 amide bonds. The van der Waals surface area contributed by atoms with E-state index in [0.717, 1.165) is 17.3 Å². The van der Waals surface area contributed by atoms with E-state index in [2.05, 4.69) is 20.0 Å². The van der Waals surface area contributed by atoms with Gasteiger partial charge in [0.15, 0.2) is 17.4 Å². The van der Waals surface area contributed by atoms with Crippen LogP contribution in [0.1, 0.15) is 40.4 Å². The second-order valence-electron chi connectivity index (χ2n) is 9.61. The van der Waals surface area contributed by atoms with Crippen molar-refractivity contribution in [3.8, 4) is 5.75 Å². The summed E-state index contributed by atoms with van der Waals surface area (Å²) in [6.45, 7) is 3.65. The van der Waals surface area contributed by atoms with Gasteiger partial charge >= 0.3 is 6.36 Å². The summed E-state index contributed by atoms with van der Waals surface area (Å²) in [5.41, 5.74) is 3.93. The van der Waals surface area contributed by atoms with Crippen LogP contribution in [0.25, 0.3) is 0 Å². The van der Waals surface area contributed by atoms with Crippen molar-refractivity contribution in [2.45, 2.75) is 39.5 Å². The first-order valence-corrected chi connectivity index (χ1v) is 13.0. The fourth-order valence-corrected chi connectivity index (χ4v) is 4.26. The molecule has 11 heteroatoms. The molecule has 1 aromatic heterocycles. The summed E-state index contributed by atoms with van der Waals surface area (Å²) in [5, 5.41) is 3.03. The van der Waals surface area contributed by atoms with Crippen molar-refractivity contribution >= 4 is 34.7 Å². The molecule has 3 aromatic carbocycles. The van der Waals surface area contributed by atoms with Gasteiger partial charge in [0.1, 0.15) is 11.5 Å². The summed E-state index contributed by atoms with van der Waals surface area (Å²) in [7, 11) is 1.64. The summed E-state index contributed by atoms with van der Waals surface area (Å²) < 4.78 is 55.6. The first-order chi connectivity index (χ1) is 19.9. The Bertz CT molecular complexity index is 1570. The zero-order valence-electron chi connectivity index (χ0n) is 23.1.